The standard InChI is InChI=1S/C15H26N2O3/c1-11-9-17(10-13(11)14(18)19)15(20)16-12-7-5-3-2-4-6-8-12/h11-13H,2-10H2,1H3,(H,16,20)(H,18,19)/t11-,13-/m1/s1. The number of amides is 2. The van der Waals surface area contributed by atoms with Crippen LogP contribution in [0.2, 0.25) is 0 Å². The van der Waals surface area contributed by atoms with E-state index in [0.29, 0.717) is 13.1 Å². The number of aliphatic carboxylic acids is 1. The predicted octanol–water partition coefficient (Wildman–Crippen LogP) is 2.46. The third kappa shape index (κ3) is 3.87. The molecule has 2 aliphatic rings. The summed E-state index contributed by atoms with van der Waals surface area (Å²) < 4.78 is 0. The zero-order valence-corrected chi connectivity index (χ0v) is 12.3. The van der Waals surface area contributed by atoms with Crippen LogP contribution in [0.4, 0.5) is 4.79 Å². The normalized spacial score (nSPS) is 28.8. The van der Waals surface area contributed by atoms with Crippen LogP contribution in [0, 0.1) is 11.8 Å². The summed E-state index contributed by atoms with van der Waals surface area (Å²) in [4.78, 5) is 25.0. The number of urea groups is 1. The van der Waals surface area contributed by atoms with Crippen LogP contribution in [0.15, 0.2) is 0 Å². The van der Waals surface area contributed by atoms with Gasteiger partial charge in [-0.15, -0.1) is 0 Å². The van der Waals surface area contributed by atoms with Crippen LogP contribution < -0.4 is 5.32 Å². The van der Waals surface area contributed by atoms with E-state index in [4.69, 9.17) is 5.11 Å². The summed E-state index contributed by atoms with van der Waals surface area (Å²) in [6.07, 6.45) is 8.29. The lowest BCUT2D eigenvalue weighted by molar-refractivity contribution is -0.142. The van der Waals surface area contributed by atoms with Crippen molar-refractivity contribution in [3.05, 3.63) is 0 Å². The van der Waals surface area contributed by atoms with E-state index in [0.717, 1.165) is 12.8 Å². The third-order valence-corrected chi connectivity index (χ3v) is 4.65. The summed E-state index contributed by atoms with van der Waals surface area (Å²) in [5, 5.41) is 12.2. The van der Waals surface area contributed by atoms with Crippen molar-refractivity contribution in [3.63, 3.8) is 0 Å². The second-order valence-corrected chi connectivity index (χ2v) is 6.32. The van der Waals surface area contributed by atoms with Crippen LogP contribution >= 0.6 is 0 Å². The molecule has 114 valence electrons. The Morgan fingerprint density at radius 3 is 2.20 bits per heavy atom. The zero-order valence-electron chi connectivity index (χ0n) is 12.3. The summed E-state index contributed by atoms with van der Waals surface area (Å²) in [7, 11) is 0. The maximum Gasteiger partial charge on any atom is 0.317 e. The van der Waals surface area contributed by atoms with E-state index in [1.54, 1.807) is 4.90 Å². The Kier molecular flexibility index (Phi) is 5.26. The first kappa shape index (κ1) is 15.1. The van der Waals surface area contributed by atoms with Crippen molar-refractivity contribution in [3.8, 4) is 0 Å². The summed E-state index contributed by atoms with van der Waals surface area (Å²) in [5.74, 6) is -1.17. The van der Waals surface area contributed by atoms with Crippen molar-refractivity contribution in [1.29, 1.82) is 0 Å². The van der Waals surface area contributed by atoms with Gasteiger partial charge in [-0.1, -0.05) is 39.0 Å². The van der Waals surface area contributed by atoms with Crippen molar-refractivity contribution in [1.82, 2.24) is 10.2 Å². The number of carbonyl (C=O) groups is 2. The third-order valence-electron chi connectivity index (χ3n) is 4.65. The molecule has 1 aliphatic heterocycles. The van der Waals surface area contributed by atoms with E-state index in [1.165, 1.54) is 32.1 Å². The van der Waals surface area contributed by atoms with Gasteiger partial charge in [0.2, 0.25) is 0 Å². The van der Waals surface area contributed by atoms with E-state index < -0.39 is 11.9 Å². The lowest BCUT2D eigenvalue weighted by Gasteiger charge is -2.24. The monoisotopic (exact) mass is 282 g/mol. The largest absolute Gasteiger partial charge is 0.481 e. The van der Waals surface area contributed by atoms with Crippen LogP contribution in [0.1, 0.15) is 51.9 Å². The highest BCUT2D eigenvalue weighted by molar-refractivity contribution is 5.77. The Morgan fingerprint density at radius 1 is 1.05 bits per heavy atom. The van der Waals surface area contributed by atoms with E-state index in [-0.39, 0.29) is 18.0 Å². The van der Waals surface area contributed by atoms with Gasteiger partial charge in [-0.3, -0.25) is 4.79 Å². The number of carboxylic acids is 1. The van der Waals surface area contributed by atoms with E-state index in [9.17, 15) is 9.59 Å². The molecule has 0 aromatic carbocycles. The molecule has 2 amide bonds. The number of likely N-dealkylation sites (tertiary alicyclic amines) is 1. The van der Waals surface area contributed by atoms with E-state index in [1.807, 2.05) is 6.92 Å². The first-order valence-electron chi connectivity index (χ1n) is 7.86. The lowest BCUT2D eigenvalue weighted by Crippen LogP contribution is -2.44. The highest BCUT2D eigenvalue weighted by atomic mass is 16.4. The summed E-state index contributed by atoms with van der Waals surface area (Å²) in [6.45, 7) is 2.80. The molecule has 2 rings (SSSR count). The van der Waals surface area contributed by atoms with Gasteiger partial charge in [0.25, 0.3) is 0 Å². The fourth-order valence-electron chi connectivity index (χ4n) is 3.32. The molecular formula is C15H26N2O3. The molecule has 2 fully saturated rings. The molecule has 0 aromatic heterocycles. The molecule has 1 saturated carbocycles. The molecule has 1 saturated heterocycles. The predicted molar refractivity (Wildman–Crippen MR) is 76.5 cm³/mol. The van der Waals surface area contributed by atoms with Crippen molar-refractivity contribution in [2.24, 2.45) is 11.8 Å². The quantitative estimate of drug-likeness (QED) is 0.817. The van der Waals surface area contributed by atoms with Crippen molar-refractivity contribution >= 4 is 12.0 Å². The smallest absolute Gasteiger partial charge is 0.317 e. The Bertz CT molecular complexity index is 351. The molecule has 0 spiro atoms. The van der Waals surface area contributed by atoms with Gasteiger partial charge in [0.15, 0.2) is 0 Å². The summed E-state index contributed by atoms with van der Waals surface area (Å²) in [5.41, 5.74) is 0. The highest BCUT2D eigenvalue weighted by Gasteiger charge is 2.37. The SMILES string of the molecule is C[C@@H]1CN(C(=O)NC2CCCCCCC2)C[C@H]1C(=O)O. The molecule has 0 unspecified atom stereocenters. The van der Waals surface area contributed by atoms with Crippen molar-refractivity contribution < 1.29 is 14.7 Å². The van der Waals surface area contributed by atoms with E-state index >= 15 is 0 Å². The molecule has 1 aliphatic carbocycles. The maximum atomic E-state index is 12.2. The first-order valence-corrected chi connectivity index (χ1v) is 7.86. The van der Waals surface area contributed by atoms with Gasteiger partial charge in [-0.2, -0.15) is 0 Å². The molecule has 5 nitrogen and oxygen atoms in total. The number of carboxylic acid groups (broad SMARTS) is 1. The Morgan fingerprint density at radius 2 is 1.65 bits per heavy atom. The van der Waals surface area contributed by atoms with Crippen molar-refractivity contribution in [2.45, 2.75) is 57.9 Å². The first-order chi connectivity index (χ1) is 9.58. The average molecular weight is 282 g/mol. The number of rotatable bonds is 2. The molecule has 2 N–H and O–H groups in total. The fourth-order valence-corrected chi connectivity index (χ4v) is 3.32. The number of nitrogens with one attached hydrogen (secondary N) is 1. The summed E-state index contributed by atoms with van der Waals surface area (Å²) in [6, 6.07) is 0.188. The van der Waals surface area contributed by atoms with Crippen LogP contribution in [0.25, 0.3) is 0 Å². The average Bonchev–Trinajstić information content (AvgIpc) is 2.74. The Hall–Kier alpha value is -1.26. The zero-order chi connectivity index (χ0) is 14.5. The minimum atomic E-state index is -0.793. The number of carbonyl (C=O) groups excluding carboxylic acids is 1. The highest BCUT2D eigenvalue weighted by Crippen LogP contribution is 2.24. The van der Waals surface area contributed by atoms with Crippen LogP contribution in [-0.2, 0) is 4.79 Å². The van der Waals surface area contributed by atoms with Gasteiger partial charge >= 0.3 is 12.0 Å². The second-order valence-electron chi connectivity index (χ2n) is 6.32. The van der Waals surface area contributed by atoms with Gasteiger partial charge in [0.1, 0.15) is 0 Å². The number of hydrogen-bond donors (Lipinski definition) is 2. The molecule has 0 radical (unpaired) electrons. The minimum absolute atomic E-state index is 0.0376. The molecule has 20 heavy (non-hydrogen) atoms. The van der Waals surface area contributed by atoms with Gasteiger partial charge in [-0.25, -0.2) is 4.79 Å². The van der Waals surface area contributed by atoms with Gasteiger partial charge in [0.05, 0.1) is 5.92 Å². The molecule has 5 heteroatoms. The number of hydrogen-bond acceptors (Lipinski definition) is 2. The van der Waals surface area contributed by atoms with Crippen LogP contribution in [0.3, 0.4) is 0 Å². The van der Waals surface area contributed by atoms with E-state index in [2.05, 4.69) is 5.32 Å². The van der Waals surface area contributed by atoms with Crippen LogP contribution in [-0.4, -0.2) is 41.1 Å². The fraction of sp³-hybridized carbons (Fsp3) is 0.867. The lowest BCUT2D eigenvalue weighted by atomic mass is 9.97. The van der Waals surface area contributed by atoms with Gasteiger partial charge < -0.3 is 15.3 Å². The summed E-state index contributed by atoms with van der Waals surface area (Å²) >= 11 is 0. The molecule has 1 heterocycles. The molecule has 0 aromatic rings. The Balaban J connectivity index is 1.83. The number of nitrogens with zero attached hydrogens (tertiary/aromatic N) is 1. The second kappa shape index (κ2) is 6.95. The maximum absolute atomic E-state index is 12.2. The van der Waals surface area contributed by atoms with Gasteiger partial charge in [-0.05, 0) is 18.8 Å². The topological polar surface area (TPSA) is 69.6 Å². The van der Waals surface area contributed by atoms with Crippen LogP contribution in [0.5, 0.6) is 0 Å². The molecule has 0 bridgehead atoms. The van der Waals surface area contributed by atoms with Gasteiger partial charge in [0, 0.05) is 19.1 Å². The Labute approximate surface area is 120 Å². The minimum Gasteiger partial charge on any atom is -0.481 e. The van der Waals surface area contributed by atoms with Crippen molar-refractivity contribution in [2.75, 3.05) is 13.1 Å². The molecule has 2 atom stereocenters. The molecular weight excluding hydrogens is 256 g/mol.